The Kier molecular flexibility index (Phi) is 5.03. The molecule has 24 heavy (non-hydrogen) atoms. The highest BCUT2D eigenvalue weighted by molar-refractivity contribution is 7.23. The number of carbonyl (C=O) groups excluding carboxylic acids is 1. The van der Waals surface area contributed by atoms with Crippen LogP contribution in [0.25, 0.3) is 9.88 Å². The highest BCUT2D eigenvalue weighted by Crippen LogP contribution is 2.33. The number of hydrogen-bond donors (Lipinski definition) is 0. The molecular weight excluding hydrogens is 366 g/mol. The molecule has 0 saturated carbocycles. The number of aromatic nitrogens is 2. The lowest BCUT2D eigenvalue weighted by Gasteiger charge is -2.16. The molecule has 3 rings (SSSR count). The molecule has 0 N–H and O–H groups in total. The third-order valence-electron chi connectivity index (χ3n) is 3.67. The van der Waals surface area contributed by atoms with Crippen LogP contribution < -0.4 is 0 Å². The molecule has 3 heterocycles. The van der Waals surface area contributed by atoms with Crippen LogP contribution in [0.5, 0.6) is 0 Å². The lowest BCUT2D eigenvalue weighted by Crippen LogP contribution is -2.28. The maximum Gasteiger partial charge on any atom is 0.228 e. The minimum Gasteiger partial charge on any atom is -0.361 e. The van der Waals surface area contributed by atoms with E-state index in [4.69, 9.17) is 16.1 Å². The Hall–Kier alpha value is -1.70. The van der Waals surface area contributed by atoms with Gasteiger partial charge in [-0.1, -0.05) is 16.8 Å². The molecule has 5 nitrogen and oxygen atoms in total. The summed E-state index contributed by atoms with van der Waals surface area (Å²) < 4.78 is 5.87. The SMILES string of the molecule is Cc1noc(C)c1CN(C)C(=O)Cc1csc(-c2ccc(Cl)s2)n1. The Balaban J connectivity index is 1.65. The highest BCUT2D eigenvalue weighted by Gasteiger charge is 2.17. The number of carbonyl (C=O) groups is 1. The number of hydrogen-bond acceptors (Lipinski definition) is 6. The van der Waals surface area contributed by atoms with Crippen LogP contribution in [0.4, 0.5) is 0 Å². The number of likely N-dealkylation sites (N-methyl/N-ethyl adjacent to an activating group) is 1. The predicted molar refractivity (Wildman–Crippen MR) is 96.6 cm³/mol. The van der Waals surface area contributed by atoms with Gasteiger partial charge in [-0.2, -0.15) is 0 Å². The summed E-state index contributed by atoms with van der Waals surface area (Å²) in [6.07, 6.45) is 0.273. The molecule has 0 spiro atoms. The Morgan fingerprint density at radius 1 is 1.38 bits per heavy atom. The zero-order valence-electron chi connectivity index (χ0n) is 13.5. The number of nitrogens with zero attached hydrogens (tertiary/aromatic N) is 3. The van der Waals surface area contributed by atoms with E-state index in [-0.39, 0.29) is 12.3 Å². The van der Waals surface area contributed by atoms with Crippen molar-refractivity contribution in [3.8, 4) is 9.88 Å². The molecule has 0 atom stereocenters. The van der Waals surface area contributed by atoms with E-state index in [0.717, 1.165) is 36.9 Å². The van der Waals surface area contributed by atoms with E-state index in [1.807, 2.05) is 31.4 Å². The lowest BCUT2D eigenvalue weighted by molar-refractivity contribution is -0.129. The van der Waals surface area contributed by atoms with Crippen molar-refractivity contribution in [2.75, 3.05) is 7.05 Å². The third kappa shape index (κ3) is 3.68. The van der Waals surface area contributed by atoms with Crippen molar-refractivity contribution in [3.05, 3.63) is 44.6 Å². The number of rotatable bonds is 5. The van der Waals surface area contributed by atoms with Gasteiger partial charge in [0.2, 0.25) is 5.91 Å². The summed E-state index contributed by atoms with van der Waals surface area (Å²) in [5, 5.41) is 6.73. The summed E-state index contributed by atoms with van der Waals surface area (Å²) in [5.74, 6) is 0.758. The molecule has 126 valence electrons. The van der Waals surface area contributed by atoms with Gasteiger partial charge in [-0.3, -0.25) is 4.79 Å². The Labute approximate surface area is 152 Å². The van der Waals surface area contributed by atoms with E-state index < -0.39 is 0 Å². The minimum atomic E-state index is 0.0102. The second-order valence-corrected chi connectivity index (χ2v) is 8.05. The normalized spacial score (nSPS) is 11.0. The summed E-state index contributed by atoms with van der Waals surface area (Å²) in [7, 11) is 1.78. The molecule has 1 amide bonds. The standard InChI is InChI=1S/C16H16ClN3O2S2/c1-9-12(10(2)22-19-9)7-20(3)15(21)6-11-8-23-16(18-11)13-4-5-14(17)24-13/h4-5,8H,6-7H2,1-3H3. The van der Waals surface area contributed by atoms with E-state index in [0.29, 0.717) is 6.54 Å². The van der Waals surface area contributed by atoms with Gasteiger partial charge in [0.25, 0.3) is 0 Å². The van der Waals surface area contributed by atoms with Crippen LogP contribution >= 0.6 is 34.3 Å². The summed E-state index contributed by atoms with van der Waals surface area (Å²) in [5.41, 5.74) is 2.55. The molecule has 0 saturated heterocycles. The minimum absolute atomic E-state index is 0.0102. The number of amides is 1. The summed E-state index contributed by atoms with van der Waals surface area (Å²) in [6.45, 7) is 4.22. The van der Waals surface area contributed by atoms with E-state index in [1.165, 1.54) is 22.7 Å². The molecule has 0 aromatic carbocycles. The Morgan fingerprint density at radius 3 is 2.79 bits per heavy atom. The average molecular weight is 382 g/mol. The van der Waals surface area contributed by atoms with Gasteiger partial charge in [-0.05, 0) is 26.0 Å². The fraction of sp³-hybridized carbons (Fsp3) is 0.312. The quantitative estimate of drug-likeness (QED) is 0.660. The van der Waals surface area contributed by atoms with Crippen molar-refractivity contribution < 1.29 is 9.32 Å². The zero-order valence-corrected chi connectivity index (χ0v) is 15.9. The zero-order chi connectivity index (χ0) is 17.3. The van der Waals surface area contributed by atoms with Gasteiger partial charge >= 0.3 is 0 Å². The largest absolute Gasteiger partial charge is 0.361 e. The summed E-state index contributed by atoms with van der Waals surface area (Å²) >= 11 is 8.97. The van der Waals surface area contributed by atoms with Crippen molar-refractivity contribution in [1.29, 1.82) is 0 Å². The van der Waals surface area contributed by atoms with Crippen LogP contribution in [-0.2, 0) is 17.8 Å². The molecule has 0 aliphatic heterocycles. The van der Waals surface area contributed by atoms with Crippen LogP contribution in [0.2, 0.25) is 4.34 Å². The summed E-state index contributed by atoms with van der Waals surface area (Å²) in [6, 6.07) is 3.80. The molecule has 0 aliphatic rings. The molecule has 0 fully saturated rings. The van der Waals surface area contributed by atoms with Crippen LogP contribution in [0.15, 0.2) is 22.0 Å². The van der Waals surface area contributed by atoms with Gasteiger partial charge < -0.3 is 9.42 Å². The monoisotopic (exact) mass is 381 g/mol. The first-order valence-corrected chi connectivity index (χ1v) is 9.37. The van der Waals surface area contributed by atoms with Crippen molar-refractivity contribution in [1.82, 2.24) is 15.0 Å². The molecule has 0 bridgehead atoms. The van der Waals surface area contributed by atoms with Crippen LogP contribution in [0.1, 0.15) is 22.7 Å². The molecule has 0 radical (unpaired) electrons. The highest BCUT2D eigenvalue weighted by atomic mass is 35.5. The topological polar surface area (TPSA) is 59.2 Å². The predicted octanol–water partition coefficient (Wildman–Crippen LogP) is 4.33. The fourth-order valence-corrected chi connectivity index (χ4v) is 4.21. The van der Waals surface area contributed by atoms with Crippen LogP contribution in [-0.4, -0.2) is 28.0 Å². The van der Waals surface area contributed by atoms with E-state index in [1.54, 1.807) is 11.9 Å². The van der Waals surface area contributed by atoms with E-state index in [2.05, 4.69) is 10.1 Å². The molecule has 0 unspecified atom stereocenters. The molecule has 0 aliphatic carbocycles. The number of thiazole rings is 1. The molecular formula is C16H16ClN3O2S2. The second-order valence-electron chi connectivity index (χ2n) is 5.48. The average Bonchev–Trinajstić information content (AvgIpc) is 3.24. The maximum atomic E-state index is 12.4. The van der Waals surface area contributed by atoms with Gasteiger partial charge in [0, 0.05) is 18.0 Å². The first-order chi connectivity index (χ1) is 11.4. The number of thiophene rings is 1. The van der Waals surface area contributed by atoms with E-state index in [9.17, 15) is 4.79 Å². The maximum absolute atomic E-state index is 12.4. The number of halogens is 1. The lowest BCUT2D eigenvalue weighted by atomic mass is 10.2. The molecule has 3 aromatic heterocycles. The van der Waals surface area contributed by atoms with Crippen molar-refractivity contribution in [2.24, 2.45) is 0 Å². The van der Waals surface area contributed by atoms with Crippen LogP contribution in [0, 0.1) is 13.8 Å². The Morgan fingerprint density at radius 2 is 2.17 bits per heavy atom. The van der Waals surface area contributed by atoms with Gasteiger partial charge in [0.05, 0.1) is 33.6 Å². The first-order valence-electron chi connectivity index (χ1n) is 7.30. The third-order valence-corrected chi connectivity index (χ3v) is 5.96. The van der Waals surface area contributed by atoms with Gasteiger partial charge in [-0.15, -0.1) is 22.7 Å². The first kappa shape index (κ1) is 17.1. The van der Waals surface area contributed by atoms with E-state index >= 15 is 0 Å². The summed E-state index contributed by atoms with van der Waals surface area (Å²) in [4.78, 5) is 19.7. The van der Waals surface area contributed by atoms with Crippen molar-refractivity contribution in [2.45, 2.75) is 26.8 Å². The molecule has 3 aromatic rings. The fourth-order valence-electron chi connectivity index (χ4n) is 2.27. The molecule has 8 heteroatoms. The Bertz CT molecular complexity index is 849. The van der Waals surface area contributed by atoms with Gasteiger partial charge in [-0.25, -0.2) is 4.98 Å². The van der Waals surface area contributed by atoms with Crippen molar-refractivity contribution in [3.63, 3.8) is 0 Å². The second kappa shape index (κ2) is 7.04. The van der Waals surface area contributed by atoms with Crippen LogP contribution in [0.3, 0.4) is 0 Å². The van der Waals surface area contributed by atoms with Crippen molar-refractivity contribution >= 4 is 40.2 Å². The van der Waals surface area contributed by atoms with Gasteiger partial charge in [0.15, 0.2) is 0 Å². The van der Waals surface area contributed by atoms with Gasteiger partial charge in [0.1, 0.15) is 10.8 Å². The smallest absolute Gasteiger partial charge is 0.228 e. The number of aryl methyl sites for hydroxylation is 2.